The molecule has 0 unspecified atom stereocenters. The van der Waals surface area contributed by atoms with E-state index in [1.165, 1.54) is 0 Å². The van der Waals surface area contributed by atoms with Gasteiger partial charge in [0.15, 0.2) is 5.69 Å². The molecule has 1 aliphatic rings. The molecule has 0 aliphatic carbocycles. The number of pyridine rings is 1. The molecule has 0 fully saturated rings. The summed E-state index contributed by atoms with van der Waals surface area (Å²) >= 11 is 0. The minimum absolute atomic E-state index is 0.0109. The second kappa shape index (κ2) is 6.20. The minimum atomic E-state index is -0.0109. The zero-order valence-corrected chi connectivity index (χ0v) is 13.8. The van der Waals surface area contributed by atoms with Gasteiger partial charge in [-0.15, -0.1) is 0 Å². The number of benzene rings is 1. The molecule has 7 nitrogen and oxygen atoms in total. The Balaban J connectivity index is 1.42. The molecule has 1 aromatic carbocycles. The van der Waals surface area contributed by atoms with E-state index in [1.54, 1.807) is 6.20 Å². The molecular weight excluding hydrogens is 330 g/mol. The molecule has 3 aromatic heterocycles. The van der Waals surface area contributed by atoms with Gasteiger partial charge < -0.3 is 9.26 Å². The Bertz CT molecular complexity index is 1030. The Morgan fingerprint density at radius 3 is 2.73 bits per heavy atom. The van der Waals surface area contributed by atoms with Crippen molar-refractivity contribution in [1.82, 2.24) is 24.9 Å². The monoisotopic (exact) mass is 345 g/mol. The van der Waals surface area contributed by atoms with Crippen molar-refractivity contribution in [2.45, 2.75) is 19.3 Å². The molecule has 0 bridgehead atoms. The molecule has 1 atom stereocenters. The van der Waals surface area contributed by atoms with E-state index < -0.39 is 0 Å². The van der Waals surface area contributed by atoms with Crippen LogP contribution in [0.1, 0.15) is 17.4 Å². The number of nitrogens with zero attached hydrogens (tertiary/aromatic N) is 5. The van der Waals surface area contributed by atoms with Crippen LogP contribution < -0.4 is 0 Å². The van der Waals surface area contributed by atoms with Crippen LogP contribution in [-0.2, 0) is 17.9 Å². The highest BCUT2D eigenvalue weighted by molar-refractivity contribution is 5.54. The summed E-state index contributed by atoms with van der Waals surface area (Å²) in [6.45, 7) is 1.15. The van der Waals surface area contributed by atoms with Gasteiger partial charge in [-0.05, 0) is 23.8 Å². The van der Waals surface area contributed by atoms with E-state index in [1.807, 2.05) is 47.1 Å². The van der Waals surface area contributed by atoms with Gasteiger partial charge in [0.05, 0.1) is 18.8 Å². The molecule has 4 aromatic rings. The largest absolute Gasteiger partial charge is 0.365 e. The highest BCUT2D eigenvalue weighted by Gasteiger charge is 2.24. The summed E-state index contributed by atoms with van der Waals surface area (Å²) < 4.78 is 13.3. The average Bonchev–Trinajstić information content (AvgIpc) is 3.36. The van der Waals surface area contributed by atoms with Gasteiger partial charge in [-0.25, -0.2) is 0 Å². The van der Waals surface area contributed by atoms with Gasteiger partial charge >= 0.3 is 0 Å². The Kier molecular flexibility index (Phi) is 3.57. The second-order valence-corrected chi connectivity index (χ2v) is 6.05. The van der Waals surface area contributed by atoms with Crippen molar-refractivity contribution < 1.29 is 9.26 Å². The standard InChI is InChI=1S/C19H15N5O2/c1-2-6-13(7-3-1)17-11-24-14(12-25-17)10-16(22-24)19-21-18(23-26-19)15-8-4-5-9-20-15/h1-10,17H,11-12H2/t17-/m0/s1. The van der Waals surface area contributed by atoms with Crippen LogP contribution in [0.3, 0.4) is 0 Å². The van der Waals surface area contributed by atoms with E-state index in [-0.39, 0.29) is 6.10 Å². The number of ether oxygens (including phenoxy) is 1. The third-order valence-electron chi connectivity index (χ3n) is 4.34. The van der Waals surface area contributed by atoms with Gasteiger partial charge in [-0.2, -0.15) is 10.1 Å². The van der Waals surface area contributed by atoms with E-state index in [0.29, 0.717) is 36.3 Å². The zero-order valence-electron chi connectivity index (χ0n) is 13.8. The topological polar surface area (TPSA) is 78.9 Å². The SMILES string of the molecule is c1ccc([C@@H]2Cn3nc(-c4nc(-c5ccccn5)no4)cc3CO2)cc1. The summed E-state index contributed by atoms with van der Waals surface area (Å²) in [5.74, 6) is 0.828. The van der Waals surface area contributed by atoms with Gasteiger partial charge in [0.2, 0.25) is 5.82 Å². The lowest BCUT2D eigenvalue weighted by Gasteiger charge is -2.24. The average molecular weight is 345 g/mol. The number of hydrogen-bond donors (Lipinski definition) is 0. The summed E-state index contributed by atoms with van der Waals surface area (Å²) in [4.78, 5) is 8.65. The fourth-order valence-corrected chi connectivity index (χ4v) is 3.03. The van der Waals surface area contributed by atoms with E-state index >= 15 is 0 Å². The number of hydrogen-bond acceptors (Lipinski definition) is 6. The van der Waals surface area contributed by atoms with Crippen LogP contribution in [0.2, 0.25) is 0 Å². The van der Waals surface area contributed by atoms with Crippen LogP contribution in [0.5, 0.6) is 0 Å². The van der Waals surface area contributed by atoms with Crippen molar-refractivity contribution in [1.29, 1.82) is 0 Å². The Morgan fingerprint density at radius 1 is 1.00 bits per heavy atom. The fraction of sp³-hybridized carbons (Fsp3) is 0.158. The molecular formula is C19H15N5O2. The fourth-order valence-electron chi connectivity index (χ4n) is 3.03. The number of rotatable bonds is 3. The maximum Gasteiger partial charge on any atom is 0.278 e. The lowest BCUT2D eigenvalue weighted by Crippen LogP contribution is -2.21. The molecule has 0 amide bonds. The summed E-state index contributed by atoms with van der Waals surface area (Å²) in [5, 5.41) is 8.63. The summed E-state index contributed by atoms with van der Waals surface area (Å²) in [7, 11) is 0. The van der Waals surface area contributed by atoms with Gasteiger partial charge in [0.1, 0.15) is 11.8 Å². The van der Waals surface area contributed by atoms with E-state index in [0.717, 1.165) is 11.3 Å². The Labute approximate surface area is 149 Å². The molecule has 0 saturated heterocycles. The maximum atomic E-state index is 5.98. The summed E-state index contributed by atoms with van der Waals surface area (Å²) in [5.41, 5.74) is 3.45. The smallest absolute Gasteiger partial charge is 0.278 e. The van der Waals surface area contributed by atoms with Crippen molar-refractivity contribution in [3.8, 4) is 23.1 Å². The molecule has 0 spiro atoms. The van der Waals surface area contributed by atoms with E-state index in [2.05, 4.69) is 32.4 Å². The first kappa shape index (κ1) is 15.0. The summed E-state index contributed by atoms with van der Waals surface area (Å²) in [6.07, 6.45) is 1.69. The number of aromatic nitrogens is 5. The first-order chi connectivity index (χ1) is 12.9. The predicted octanol–water partition coefficient (Wildman–Crippen LogP) is 3.27. The Hall–Kier alpha value is -3.32. The zero-order chi connectivity index (χ0) is 17.3. The highest BCUT2D eigenvalue weighted by Crippen LogP contribution is 2.29. The van der Waals surface area contributed by atoms with Crippen LogP contribution in [0.15, 0.2) is 65.3 Å². The lowest BCUT2D eigenvalue weighted by atomic mass is 10.1. The molecule has 128 valence electrons. The van der Waals surface area contributed by atoms with Gasteiger partial charge in [0, 0.05) is 6.20 Å². The third-order valence-corrected chi connectivity index (χ3v) is 4.34. The minimum Gasteiger partial charge on any atom is -0.365 e. The normalized spacial score (nSPS) is 16.4. The van der Waals surface area contributed by atoms with Gasteiger partial charge in [-0.3, -0.25) is 9.67 Å². The van der Waals surface area contributed by atoms with Crippen LogP contribution in [0.4, 0.5) is 0 Å². The first-order valence-corrected chi connectivity index (χ1v) is 8.35. The molecule has 5 rings (SSSR count). The molecule has 0 radical (unpaired) electrons. The van der Waals surface area contributed by atoms with Crippen LogP contribution in [0, 0.1) is 0 Å². The summed E-state index contributed by atoms with van der Waals surface area (Å²) in [6, 6.07) is 17.7. The Morgan fingerprint density at radius 2 is 1.88 bits per heavy atom. The highest BCUT2D eigenvalue weighted by atomic mass is 16.5. The second-order valence-electron chi connectivity index (χ2n) is 6.05. The third kappa shape index (κ3) is 2.68. The molecule has 7 heteroatoms. The quantitative estimate of drug-likeness (QED) is 0.567. The number of fused-ring (bicyclic) bond motifs is 1. The van der Waals surface area contributed by atoms with Crippen molar-refractivity contribution in [2.75, 3.05) is 0 Å². The molecule has 26 heavy (non-hydrogen) atoms. The van der Waals surface area contributed by atoms with Crippen LogP contribution in [-0.4, -0.2) is 24.9 Å². The van der Waals surface area contributed by atoms with Crippen molar-refractivity contribution >= 4 is 0 Å². The van der Waals surface area contributed by atoms with Gasteiger partial charge in [-0.1, -0.05) is 41.6 Å². The van der Waals surface area contributed by atoms with Crippen molar-refractivity contribution in [3.05, 3.63) is 72.1 Å². The van der Waals surface area contributed by atoms with Crippen LogP contribution >= 0.6 is 0 Å². The van der Waals surface area contributed by atoms with Gasteiger partial charge in [0.25, 0.3) is 5.89 Å². The molecule has 0 saturated carbocycles. The van der Waals surface area contributed by atoms with Crippen molar-refractivity contribution in [2.24, 2.45) is 0 Å². The maximum absolute atomic E-state index is 5.98. The molecule has 0 N–H and O–H groups in total. The molecule has 4 heterocycles. The first-order valence-electron chi connectivity index (χ1n) is 8.35. The lowest BCUT2D eigenvalue weighted by molar-refractivity contribution is -0.00113. The predicted molar refractivity (Wildman–Crippen MR) is 92.7 cm³/mol. The molecule has 1 aliphatic heterocycles. The van der Waals surface area contributed by atoms with Crippen LogP contribution in [0.25, 0.3) is 23.1 Å². The van der Waals surface area contributed by atoms with E-state index in [4.69, 9.17) is 9.26 Å². The van der Waals surface area contributed by atoms with Crippen molar-refractivity contribution in [3.63, 3.8) is 0 Å². The van der Waals surface area contributed by atoms with E-state index in [9.17, 15) is 0 Å².